The topological polar surface area (TPSA) is 76.1 Å². The van der Waals surface area contributed by atoms with Crippen molar-refractivity contribution >= 4 is 34.4 Å². The van der Waals surface area contributed by atoms with Crippen molar-refractivity contribution in [3.8, 4) is 11.5 Å². The second kappa shape index (κ2) is 6.98. The molecule has 0 bridgehead atoms. The van der Waals surface area contributed by atoms with Gasteiger partial charge in [-0.15, -0.1) is 11.3 Å². The Morgan fingerprint density at radius 1 is 1.04 bits per heavy atom. The van der Waals surface area contributed by atoms with E-state index < -0.39 is 17.6 Å². The lowest BCUT2D eigenvalue weighted by Crippen LogP contribution is -2.31. The fraction of sp³-hybridized carbons (Fsp3) is 0.222. The van der Waals surface area contributed by atoms with E-state index in [-0.39, 0.29) is 5.57 Å². The van der Waals surface area contributed by atoms with Gasteiger partial charge in [0.05, 0.1) is 18.9 Å². The number of thiophene rings is 1. The number of amides is 2. The van der Waals surface area contributed by atoms with E-state index in [0.29, 0.717) is 35.3 Å². The van der Waals surface area contributed by atoms with Crippen molar-refractivity contribution in [2.24, 2.45) is 0 Å². The quantitative estimate of drug-likeness (QED) is 0.800. The van der Waals surface area contributed by atoms with Crippen LogP contribution in [-0.2, 0) is 9.59 Å². The van der Waals surface area contributed by atoms with Gasteiger partial charge in [-0.05, 0) is 37.4 Å². The van der Waals surface area contributed by atoms with E-state index >= 15 is 0 Å². The summed E-state index contributed by atoms with van der Waals surface area (Å²) in [4.78, 5) is 26.7. The molecule has 1 N–H and O–H groups in total. The van der Waals surface area contributed by atoms with Crippen LogP contribution in [0.5, 0.6) is 11.5 Å². The van der Waals surface area contributed by atoms with Crippen molar-refractivity contribution in [2.45, 2.75) is 13.8 Å². The Morgan fingerprint density at radius 3 is 2.40 bits per heavy atom. The third kappa shape index (κ3) is 2.98. The maximum Gasteiger partial charge on any atom is 0.301 e. The van der Waals surface area contributed by atoms with Gasteiger partial charge in [0.2, 0.25) is 0 Å². The third-order valence-corrected chi connectivity index (χ3v) is 4.50. The van der Waals surface area contributed by atoms with Gasteiger partial charge in [-0.25, -0.2) is 4.90 Å². The zero-order chi connectivity index (χ0) is 18.0. The predicted molar refractivity (Wildman–Crippen MR) is 95.1 cm³/mol. The second-order valence-electron chi connectivity index (χ2n) is 5.14. The molecular formula is C18H17NO5S. The molecule has 2 aromatic rings. The summed E-state index contributed by atoms with van der Waals surface area (Å²) in [7, 11) is 0. The van der Waals surface area contributed by atoms with Crippen molar-refractivity contribution in [2.75, 3.05) is 18.1 Å². The fourth-order valence-electron chi connectivity index (χ4n) is 2.57. The highest BCUT2D eigenvalue weighted by Crippen LogP contribution is 2.37. The monoisotopic (exact) mass is 359 g/mol. The van der Waals surface area contributed by atoms with Crippen LogP contribution < -0.4 is 14.4 Å². The first-order valence-corrected chi connectivity index (χ1v) is 8.72. The summed E-state index contributed by atoms with van der Waals surface area (Å²) < 4.78 is 11.0. The number of imide groups is 1. The van der Waals surface area contributed by atoms with Crippen LogP contribution in [0.15, 0.2) is 41.5 Å². The first kappa shape index (κ1) is 17.0. The predicted octanol–water partition coefficient (Wildman–Crippen LogP) is 3.39. The maximum absolute atomic E-state index is 12.7. The van der Waals surface area contributed by atoms with Gasteiger partial charge < -0.3 is 14.6 Å². The average Bonchev–Trinajstić information content (AvgIpc) is 3.18. The number of hydrogen-bond donors (Lipinski definition) is 1. The molecule has 0 aliphatic carbocycles. The number of aliphatic hydroxyl groups excluding tert-OH is 1. The molecule has 25 heavy (non-hydrogen) atoms. The van der Waals surface area contributed by atoms with Gasteiger partial charge in [-0.2, -0.15) is 0 Å². The number of rotatable bonds is 6. The third-order valence-electron chi connectivity index (χ3n) is 3.61. The standard InChI is InChI=1S/C18H17NO5S/c1-3-23-12-8-7-11(10-13(12)24-4-2)19-17(21)15(16(20)18(19)22)14-6-5-9-25-14/h5-10,20H,3-4H2,1-2H3. The summed E-state index contributed by atoms with van der Waals surface area (Å²) in [6.45, 7) is 4.56. The van der Waals surface area contributed by atoms with Crippen molar-refractivity contribution in [1.29, 1.82) is 0 Å². The molecule has 0 fully saturated rings. The van der Waals surface area contributed by atoms with E-state index in [9.17, 15) is 14.7 Å². The molecule has 1 aliphatic rings. The number of anilines is 1. The summed E-state index contributed by atoms with van der Waals surface area (Å²) in [5, 5.41) is 11.9. The molecule has 6 nitrogen and oxygen atoms in total. The minimum absolute atomic E-state index is 0.0202. The largest absolute Gasteiger partial charge is 0.502 e. The van der Waals surface area contributed by atoms with E-state index in [0.717, 1.165) is 4.90 Å². The minimum Gasteiger partial charge on any atom is -0.502 e. The van der Waals surface area contributed by atoms with Crippen LogP contribution in [0.25, 0.3) is 5.57 Å². The minimum atomic E-state index is -0.750. The van der Waals surface area contributed by atoms with Crippen LogP contribution in [0.4, 0.5) is 5.69 Å². The number of aliphatic hydroxyl groups is 1. The number of nitrogens with zero attached hydrogens (tertiary/aromatic N) is 1. The Bertz CT molecular complexity index is 841. The van der Waals surface area contributed by atoms with Gasteiger partial charge in [-0.3, -0.25) is 9.59 Å². The van der Waals surface area contributed by atoms with Crippen LogP contribution in [0.1, 0.15) is 18.7 Å². The van der Waals surface area contributed by atoms with Crippen molar-refractivity contribution in [3.63, 3.8) is 0 Å². The Hall–Kier alpha value is -2.80. The van der Waals surface area contributed by atoms with E-state index in [1.165, 1.54) is 11.3 Å². The molecular weight excluding hydrogens is 342 g/mol. The van der Waals surface area contributed by atoms with E-state index in [1.807, 2.05) is 13.8 Å². The molecule has 3 rings (SSSR count). The molecule has 0 saturated carbocycles. The van der Waals surface area contributed by atoms with Gasteiger partial charge in [0.1, 0.15) is 5.57 Å². The molecule has 0 spiro atoms. The molecule has 1 aromatic heterocycles. The second-order valence-corrected chi connectivity index (χ2v) is 6.09. The van der Waals surface area contributed by atoms with Crippen LogP contribution in [-0.4, -0.2) is 30.1 Å². The van der Waals surface area contributed by atoms with Gasteiger partial charge in [-0.1, -0.05) is 6.07 Å². The molecule has 0 atom stereocenters. The normalized spacial score (nSPS) is 14.4. The lowest BCUT2D eigenvalue weighted by Gasteiger charge is -2.17. The van der Waals surface area contributed by atoms with Crippen LogP contribution in [0.2, 0.25) is 0 Å². The van der Waals surface area contributed by atoms with Crippen LogP contribution >= 0.6 is 11.3 Å². The smallest absolute Gasteiger partial charge is 0.301 e. The number of benzene rings is 1. The zero-order valence-electron chi connectivity index (χ0n) is 13.8. The Kier molecular flexibility index (Phi) is 4.76. The fourth-order valence-corrected chi connectivity index (χ4v) is 3.34. The van der Waals surface area contributed by atoms with Gasteiger partial charge in [0.15, 0.2) is 17.3 Å². The lowest BCUT2D eigenvalue weighted by atomic mass is 10.2. The highest BCUT2D eigenvalue weighted by molar-refractivity contribution is 7.11. The van der Waals surface area contributed by atoms with E-state index in [2.05, 4.69) is 0 Å². The van der Waals surface area contributed by atoms with Crippen molar-refractivity contribution < 1.29 is 24.2 Å². The first-order chi connectivity index (χ1) is 12.1. The summed E-state index contributed by atoms with van der Waals surface area (Å²) >= 11 is 1.28. The molecule has 2 amide bonds. The Morgan fingerprint density at radius 2 is 1.76 bits per heavy atom. The molecule has 1 aromatic carbocycles. The summed E-state index contributed by atoms with van der Waals surface area (Å²) in [6.07, 6.45) is 0. The van der Waals surface area contributed by atoms with E-state index in [4.69, 9.17) is 9.47 Å². The first-order valence-electron chi connectivity index (χ1n) is 7.84. The summed E-state index contributed by atoms with van der Waals surface area (Å²) in [5.41, 5.74) is 0.340. The number of carbonyl (C=O) groups is 2. The van der Waals surface area contributed by atoms with Gasteiger partial charge in [0, 0.05) is 10.9 Å². The molecule has 0 saturated heterocycles. The van der Waals surface area contributed by atoms with Crippen LogP contribution in [0, 0.1) is 0 Å². The van der Waals surface area contributed by atoms with Crippen molar-refractivity contribution in [1.82, 2.24) is 0 Å². The number of ether oxygens (including phenoxy) is 2. The Labute approximate surface area is 148 Å². The molecule has 7 heteroatoms. The molecule has 0 radical (unpaired) electrons. The van der Waals surface area contributed by atoms with Crippen molar-refractivity contribution in [3.05, 3.63) is 46.3 Å². The van der Waals surface area contributed by atoms with E-state index in [1.54, 1.807) is 35.7 Å². The number of carbonyl (C=O) groups excluding carboxylic acids is 2. The highest BCUT2D eigenvalue weighted by atomic mass is 32.1. The SMILES string of the molecule is CCOc1ccc(N2C(=O)C(O)=C(c3cccs3)C2=O)cc1OCC. The van der Waals surface area contributed by atoms with Crippen LogP contribution in [0.3, 0.4) is 0 Å². The maximum atomic E-state index is 12.7. The number of hydrogen-bond acceptors (Lipinski definition) is 6. The summed E-state index contributed by atoms with van der Waals surface area (Å²) in [6, 6.07) is 8.24. The molecule has 130 valence electrons. The van der Waals surface area contributed by atoms with Gasteiger partial charge in [0.25, 0.3) is 5.91 Å². The Balaban J connectivity index is 1.99. The summed E-state index contributed by atoms with van der Waals surface area (Å²) in [5.74, 6) is -0.884. The zero-order valence-corrected chi connectivity index (χ0v) is 14.6. The average molecular weight is 359 g/mol. The molecule has 1 aliphatic heterocycles. The molecule has 2 heterocycles. The lowest BCUT2D eigenvalue weighted by molar-refractivity contribution is -0.121. The van der Waals surface area contributed by atoms with Gasteiger partial charge >= 0.3 is 5.91 Å². The highest BCUT2D eigenvalue weighted by Gasteiger charge is 2.41. The molecule has 0 unspecified atom stereocenters.